The van der Waals surface area contributed by atoms with Gasteiger partial charge < -0.3 is 10.2 Å². The number of anilines is 1. The number of hydrogen-bond donors (Lipinski definition) is 1. The summed E-state index contributed by atoms with van der Waals surface area (Å²) in [5.74, 6) is -0.207. The third-order valence-corrected chi connectivity index (χ3v) is 6.91. The minimum Gasteiger partial charge on any atom is -0.329 e. The van der Waals surface area contributed by atoms with Crippen molar-refractivity contribution in [3.63, 3.8) is 0 Å². The number of hydrogen-bond acceptors (Lipinski definition) is 6. The molecule has 26 heavy (non-hydrogen) atoms. The Bertz CT molecular complexity index is 829. The third kappa shape index (κ3) is 3.54. The van der Waals surface area contributed by atoms with Gasteiger partial charge in [-0.1, -0.05) is 6.92 Å². The van der Waals surface area contributed by atoms with E-state index in [9.17, 15) is 9.59 Å². The van der Waals surface area contributed by atoms with E-state index < -0.39 is 0 Å². The first-order valence-corrected chi connectivity index (χ1v) is 10.7. The maximum absolute atomic E-state index is 12.6. The van der Waals surface area contributed by atoms with Crippen molar-refractivity contribution in [1.29, 1.82) is 0 Å². The van der Waals surface area contributed by atoms with Crippen LogP contribution in [0.25, 0.3) is 0 Å². The van der Waals surface area contributed by atoms with Gasteiger partial charge in [0.1, 0.15) is 6.54 Å². The van der Waals surface area contributed by atoms with Crippen molar-refractivity contribution in [2.75, 3.05) is 31.5 Å². The molecule has 0 atom stereocenters. The first-order chi connectivity index (χ1) is 12.6. The van der Waals surface area contributed by atoms with Gasteiger partial charge in [0.05, 0.1) is 11.3 Å². The summed E-state index contributed by atoms with van der Waals surface area (Å²) in [6, 6.07) is 1.87. The smallest absolute Gasteiger partial charge is 0.255 e. The van der Waals surface area contributed by atoms with Crippen molar-refractivity contribution >= 4 is 39.6 Å². The van der Waals surface area contributed by atoms with Gasteiger partial charge >= 0.3 is 0 Å². The summed E-state index contributed by atoms with van der Waals surface area (Å²) < 4.78 is 0. The van der Waals surface area contributed by atoms with E-state index in [0.29, 0.717) is 11.7 Å². The molecule has 0 unspecified atom stereocenters. The Morgan fingerprint density at radius 2 is 2.19 bits per heavy atom. The van der Waals surface area contributed by atoms with Crippen LogP contribution < -0.4 is 5.32 Å². The summed E-state index contributed by atoms with van der Waals surface area (Å²) >= 11 is 3.18. The Morgan fingerprint density at radius 1 is 1.31 bits per heavy atom. The molecule has 0 aromatic carbocycles. The molecule has 0 fully saturated rings. The number of nitrogens with zero attached hydrogens (tertiary/aromatic N) is 3. The fourth-order valence-electron chi connectivity index (χ4n) is 3.48. The van der Waals surface area contributed by atoms with Crippen LogP contribution in [-0.2, 0) is 24.2 Å². The number of rotatable bonds is 4. The van der Waals surface area contributed by atoms with Crippen LogP contribution in [0, 0.1) is 0 Å². The molecule has 8 heteroatoms. The van der Waals surface area contributed by atoms with E-state index >= 15 is 0 Å². The molecule has 2 aromatic heterocycles. The van der Waals surface area contributed by atoms with Crippen molar-refractivity contribution in [2.45, 2.75) is 32.7 Å². The summed E-state index contributed by atoms with van der Waals surface area (Å²) in [5, 5.41) is 5.50. The molecule has 4 rings (SSSR count). The number of thiazole rings is 1. The molecule has 2 aliphatic heterocycles. The largest absolute Gasteiger partial charge is 0.329 e. The number of carbonyl (C=O) groups is 2. The second kappa shape index (κ2) is 7.46. The first kappa shape index (κ1) is 17.6. The zero-order valence-electron chi connectivity index (χ0n) is 14.8. The Kier molecular flexibility index (Phi) is 5.06. The molecule has 0 saturated carbocycles. The minimum atomic E-state index is -0.171. The number of amides is 2. The zero-order chi connectivity index (χ0) is 18.1. The lowest BCUT2D eigenvalue weighted by Crippen LogP contribution is -2.37. The van der Waals surface area contributed by atoms with Crippen molar-refractivity contribution in [3.05, 3.63) is 32.5 Å². The highest BCUT2D eigenvalue weighted by Crippen LogP contribution is 2.28. The maximum Gasteiger partial charge on any atom is 0.255 e. The fraction of sp³-hybridized carbons (Fsp3) is 0.500. The molecule has 4 heterocycles. The van der Waals surface area contributed by atoms with Crippen LogP contribution in [0.3, 0.4) is 0 Å². The molecular weight excluding hydrogens is 368 g/mol. The van der Waals surface area contributed by atoms with Gasteiger partial charge in [-0.2, -0.15) is 0 Å². The second-order valence-electron chi connectivity index (χ2n) is 6.64. The van der Waals surface area contributed by atoms with Gasteiger partial charge in [0.15, 0.2) is 5.13 Å². The van der Waals surface area contributed by atoms with Crippen LogP contribution in [0.2, 0.25) is 0 Å². The lowest BCUT2D eigenvalue weighted by Gasteiger charge is -2.23. The van der Waals surface area contributed by atoms with Crippen LogP contribution in [0.5, 0.6) is 0 Å². The summed E-state index contributed by atoms with van der Waals surface area (Å²) in [6.45, 7) is 5.82. The topological polar surface area (TPSA) is 65.5 Å². The molecule has 2 aliphatic rings. The summed E-state index contributed by atoms with van der Waals surface area (Å²) in [6.07, 6.45) is 2.73. The number of carbonyl (C=O) groups excluding carboxylic acids is 2. The highest BCUT2D eigenvalue weighted by atomic mass is 32.1. The summed E-state index contributed by atoms with van der Waals surface area (Å²) in [7, 11) is 0. The van der Waals surface area contributed by atoms with E-state index in [2.05, 4.69) is 22.1 Å². The van der Waals surface area contributed by atoms with E-state index in [1.54, 1.807) is 27.6 Å². The predicted octanol–water partition coefficient (Wildman–Crippen LogP) is 2.61. The number of aryl methyl sites for hydroxylation is 1. The predicted molar refractivity (Wildman–Crippen MR) is 104 cm³/mol. The summed E-state index contributed by atoms with van der Waals surface area (Å²) in [5.41, 5.74) is 1.86. The van der Waals surface area contributed by atoms with Gasteiger partial charge in [-0.05, 0) is 30.8 Å². The molecule has 0 saturated heterocycles. The summed E-state index contributed by atoms with van der Waals surface area (Å²) in [4.78, 5) is 36.1. The van der Waals surface area contributed by atoms with Crippen molar-refractivity contribution in [3.8, 4) is 0 Å². The molecule has 6 nitrogen and oxygen atoms in total. The lowest BCUT2D eigenvalue weighted by atomic mass is 10.2. The SMILES string of the molecule is CCN1CCc2nc(NC(=O)CN3CCCc4sccc4C3=O)sc2C1. The highest BCUT2D eigenvalue weighted by Gasteiger charge is 2.26. The van der Waals surface area contributed by atoms with Crippen LogP contribution >= 0.6 is 22.7 Å². The highest BCUT2D eigenvalue weighted by molar-refractivity contribution is 7.15. The quantitative estimate of drug-likeness (QED) is 0.872. The van der Waals surface area contributed by atoms with Crippen molar-refractivity contribution in [1.82, 2.24) is 14.8 Å². The molecular formula is C18H22N4O2S2. The molecule has 1 N–H and O–H groups in total. The molecule has 0 aliphatic carbocycles. The molecule has 0 bridgehead atoms. The monoisotopic (exact) mass is 390 g/mol. The number of aromatic nitrogens is 1. The normalized spacial score (nSPS) is 17.6. The van der Waals surface area contributed by atoms with Crippen molar-refractivity contribution < 1.29 is 9.59 Å². The van der Waals surface area contributed by atoms with Crippen LogP contribution in [0.1, 0.15) is 39.2 Å². The lowest BCUT2D eigenvalue weighted by molar-refractivity contribution is -0.116. The van der Waals surface area contributed by atoms with Crippen LogP contribution in [0.15, 0.2) is 11.4 Å². The van der Waals surface area contributed by atoms with E-state index in [-0.39, 0.29) is 18.4 Å². The standard InChI is InChI=1S/C18H22N4O2S2/c1-2-21-8-5-13-15(10-21)26-18(19-13)20-16(23)11-22-7-3-4-14-12(17(22)24)6-9-25-14/h6,9H,2-5,7-8,10-11H2,1H3,(H,19,20,23). The van der Waals surface area contributed by atoms with E-state index in [1.807, 2.05) is 11.4 Å². The zero-order valence-corrected chi connectivity index (χ0v) is 16.4. The van der Waals surface area contributed by atoms with E-state index in [0.717, 1.165) is 55.0 Å². The Morgan fingerprint density at radius 3 is 3.04 bits per heavy atom. The van der Waals surface area contributed by atoms with Gasteiger partial charge in [-0.3, -0.25) is 14.5 Å². The van der Waals surface area contributed by atoms with Gasteiger partial charge in [-0.25, -0.2) is 4.98 Å². The second-order valence-corrected chi connectivity index (χ2v) is 8.73. The van der Waals surface area contributed by atoms with Gasteiger partial charge in [0.2, 0.25) is 5.91 Å². The molecule has 2 aromatic rings. The molecule has 0 radical (unpaired) electrons. The molecule has 2 amide bonds. The third-order valence-electron chi connectivity index (χ3n) is 4.93. The number of likely N-dealkylation sites (N-methyl/N-ethyl adjacent to an activating group) is 1. The fourth-order valence-corrected chi connectivity index (χ4v) is 5.46. The average Bonchev–Trinajstić information content (AvgIpc) is 3.22. The van der Waals surface area contributed by atoms with Crippen molar-refractivity contribution in [2.24, 2.45) is 0 Å². The number of fused-ring (bicyclic) bond motifs is 2. The van der Waals surface area contributed by atoms with Crippen LogP contribution in [-0.4, -0.2) is 52.8 Å². The van der Waals surface area contributed by atoms with E-state index in [1.165, 1.54) is 4.88 Å². The van der Waals surface area contributed by atoms with Gasteiger partial charge in [0.25, 0.3) is 5.91 Å². The number of nitrogens with one attached hydrogen (secondary N) is 1. The minimum absolute atomic E-state index is 0.0362. The maximum atomic E-state index is 12.6. The Balaban J connectivity index is 1.40. The molecule has 138 valence electrons. The number of thiophene rings is 1. The Labute approximate surface area is 160 Å². The average molecular weight is 391 g/mol. The Hall–Kier alpha value is -1.77. The first-order valence-electron chi connectivity index (χ1n) is 9.00. The molecule has 0 spiro atoms. The van der Waals surface area contributed by atoms with E-state index in [4.69, 9.17) is 0 Å². The van der Waals surface area contributed by atoms with Gasteiger partial charge in [0, 0.05) is 35.8 Å². The van der Waals surface area contributed by atoms with Crippen LogP contribution in [0.4, 0.5) is 5.13 Å². The van der Waals surface area contributed by atoms with Gasteiger partial charge in [-0.15, -0.1) is 22.7 Å².